The molecule has 0 bridgehead atoms. The third kappa shape index (κ3) is 6.37. The van der Waals surface area contributed by atoms with E-state index < -0.39 is 30.8 Å². The molecule has 1 saturated carbocycles. The molecule has 230 valence electrons. The summed E-state index contributed by atoms with van der Waals surface area (Å²) in [7, 11) is -8.79. The first-order valence-electron chi connectivity index (χ1n) is 13.8. The third-order valence-electron chi connectivity index (χ3n) is 7.38. The van der Waals surface area contributed by atoms with Gasteiger partial charge in [-0.05, 0) is 66.8 Å². The lowest BCUT2D eigenvalue weighted by Gasteiger charge is -2.35. The van der Waals surface area contributed by atoms with Gasteiger partial charge in [0.15, 0.2) is 0 Å². The second-order valence-corrected chi connectivity index (χ2v) is 13.7. The minimum absolute atomic E-state index is 0.00761. The van der Waals surface area contributed by atoms with Crippen LogP contribution >= 0.6 is 0 Å². The summed E-state index contributed by atoms with van der Waals surface area (Å²) in [6.45, 7) is 1.39. The number of fused-ring (bicyclic) bond motifs is 1. The number of nitrogens with one attached hydrogen (secondary N) is 1. The smallest absolute Gasteiger partial charge is 0.294 e. The molecule has 0 aromatic heterocycles. The molecule has 0 atom stereocenters. The molecule has 12 nitrogen and oxygen atoms in total. The molecule has 0 heterocycles. The summed E-state index contributed by atoms with van der Waals surface area (Å²) in [6.07, 6.45) is 4.12. The lowest BCUT2D eigenvalue weighted by atomic mass is 9.95. The molecule has 0 spiro atoms. The van der Waals surface area contributed by atoms with Crippen LogP contribution in [-0.4, -0.2) is 38.4 Å². The number of nitrogens with two attached hydrogens (primary N) is 1. The van der Waals surface area contributed by atoms with Gasteiger partial charge in [-0.3, -0.25) is 13.7 Å². The molecule has 0 saturated heterocycles. The van der Waals surface area contributed by atoms with Gasteiger partial charge in [0.25, 0.3) is 20.1 Å². The molecule has 0 aliphatic heterocycles. The Hall–Kier alpha value is -4.53. The lowest BCUT2D eigenvalue weighted by Crippen LogP contribution is -2.41. The first-order valence-corrected chi connectivity index (χ1v) is 16.7. The van der Waals surface area contributed by atoms with Gasteiger partial charge in [0.05, 0.1) is 21.7 Å². The van der Waals surface area contributed by atoms with Gasteiger partial charge in [0.1, 0.15) is 22.0 Å². The van der Waals surface area contributed by atoms with Crippen molar-refractivity contribution in [3.8, 4) is 5.75 Å². The summed E-state index contributed by atoms with van der Waals surface area (Å²) in [4.78, 5) is 10.9. The van der Waals surface area contributed by atoms with Crippen LogP contribution in [0.4, 0.5) is 28.4 Å². The van der Waals surface area contributed by atoms with Crippen molar-refractivity contribution in [2.75, 3.05) is 15.4 Å². The zero-order chi connectivity index (χ0) is 31.6. The summed E-state index contributed by atoms with van der Waals surface area (Å²) in [5.74, 6) is -0.753. The Bertz CT molecular complexity index is 1970. The van der Waals surface area contributed by atoms with Crippen molar-refractivity contribution in [1.29, 1.82) is 0 Å². The molecule has 1 fully saturated rings. The maximum Gasteiger partial charge on any atom is 0.294 e. The number of amides is 1. The highest BCUT2D eigenvalue weighted by atomic mass is 32.2. The molecule has 14 heteroatoms. The summed E-state index contributed by atoms with van der Waals surface area (Å²) in [5, 5.41) is 22.1. The van der Waals surface area contributed by atoms with Crippen molar-refractivity contribution >= 4 is 65.3 Å². The third-order valence-corrected chi connectivity index (χ3v) is 10.1. The van der Waals surface area contributed by atoms with Crippen molar-refractivity contribution in [2.45, 2.75) is 54.9 Å². The maximum absolute atomic E-state index is 14.4. The lowest BCUT2D eigenvalue weighted by molar-refractivity contribution is -0.114. The number of phenolic OH excluding ortho intramolecular Hbond substituents is 1. The molecule has 4 aromatic rings. The van der Waals surface area contributed by atoms with Gasteiger partial charge in [-0.1, -0.05) is 37.5 Å². The van der Waals surface area contributed by atoms with Crippen molar-refractivity contribution in [3.63, 3.8) is 0 Å². The number of rotatable bonds is 8. The Labute approximate surface area is 255 Å². The quantitative estimate of drug-likeness (QED) is 0.0985. The van der Waals surface area contributed by atoms with Crippen LogP contribution in [-0.2, 0) is 24.9 Å². The molecule has 5 rings (SSSR count). The van der Waals surface area contributed by atoms with E-state index in [1.54, 1.807) is 36.4 Å². The number of nitrogens with zero attached hydrogens (tertiary/aromatic N) is 3. The van der Waals surface area contributed by atoms with Crippen LogP contribution < -0.4 is 15.4 Å². The fourth-order valence-electron chi connectivity index (χ4n) is 5.39. The minimum atomic E-state index is -4.60. The first-order chi connectivity index (χ1) is 20.9. The van der Waals surface area contributed by atoms with E-state index in [4.69, 9.17) is 5.73 Å². The second kappa shape index (κ2) is 12.2. The van der Waals surface area contributed by atoms with E-state index in [1.807, 2.05) is 0 Å². The zero-order valence-electron chi connectivity index (χ0n) is 23.7. The van der Waals surface area contributed by atoms with Crippen molar-refractivity contribution in [3.05, 3.63) is 72.8 Å². The number of sulfonamides is 1. The average molecular weight is 638 g/mol. The molecule has 1 amide bonds. The van der Waals surface area contributed by atoms with E-state index in [-0.39, 0.29) is 44.7 Å². The number of carbonyl (C=O) groups is 1. The Morgan fingerprint density at radius 1 is 0.932 bits per heavy atom. The number of nitrogen functional groups attached to an aromatic ring is 1. The number of aromatic hydroxyl groups is 1. The molecule has 0 unspecified atom stereocenters. The van der Waals surface area contributed by atoms with Crippen molar-refractivity contribution in [2.24, 2.45) is 10.2 Å². The Kier molecular flexibility index (Phi) is 8.59. The fraction of sp³-hybridized carbons (Fsp3) is 0.233. The predicted octanol–water partition coefficient (Wildman–Crippen LogP) is 6.28. The Morgan fingerprint density at radius 3 is 2.27 bits per heavy atom. The van der Waals surface area contributed by atoms with Gasteiger partial charge >= 0.3 is 0 Å². The zero-order valence-corrected chi connectivity index (χ0v) is 25.3. The molecule has 0 radical (unpaired) electrons. The largest absolute Gasteiger partial charge is 0.507 e. The molecule has 1 aliphatic carbocycles. The summed E-state index contributed by atoms with van der Waals surface area (Å²) < 4.78 is 63.0. The predicted molar refractivity (Wildman–Crippen MR) is 168 cm³/mol. The maximum atomic E-state index is 14.4. The summed E-state index contributed by atoms with van der Waals surface area (Å²) in [5.41, 5.74) is 7.24. The van der Waals surface area contributed by atoms with Gasteiger partial charge in [-0.25, -0.2) is 8.42 Å². The van der Waals surface area contributed by atoms with Crippen molar-refractivity contribution in [1.82, 2.24) is 0 Å². The van der Waals surface area contributed by atoms with E-state index >= 15 is 0 Å². The molecule has 1 aliphatic rings. The number of hydrogen-bond donors (Lipinski definition) is 4. The standard InChI is InChI=1S/C30H31N5O7S2/c1-19(36)32-21-12-14-23(15-13-21)35(22-7-3-2-4-8-22)43(38,39)28-10-6-5-9-26(28)33-34-30-25(31)16-11-20-17-24(44(40,41)42)18-27(37)29(20)30/h5-6,9-18,22,37H,2-4,7-8,31H2,1H3,(H,32,36)(H,40,41,42). The highest BCUT2D eigenvalue weighted by molar-refractivity contribution is 7.93. The van der Waals surface area contributed by atoms with Crippen LogP contribution in [0.15, 0.2) is 92.8 Å². The summed E-state index contributed by atoms with van der Waals surface area (Å²) >= 11 is 0. The SMILES string of the molecule is CC(=O)Nc1ccc(N(C2CCCCC2)S(=O)(=O)c2ccccc2N=Nc2c(N)ccc3cc(S(=O)(=O)O)cc(O)c23)cc1. The molecule has 5 N–H and O–H groups in total. The fourth-order valence-corrected chi connectivity index (χ4v) is 7.77. The van der Waals surface area contributed by atoms with Crippen LogP contribution in [0.25, 0.3) is 10.8 Å². The number of azo groups is 1. The van der Waals surface area contributed by atoms with Crippen LogP contribution in [0.2, 0.25) is 0 Å². The van der Waals surface area contributed by atoms with Gasteiger partial charge in [0.2, 0.25) is 5.91 Å². The van der Waals surface area contributed by atoms with Crippen LogP contribution in [0.3, 0.4) is 0 Å². The number of carbonyl (C=O) groups excluding carboxylic acids is 1. The molecule has 44 heavy (non-hydrogen) atoms. The minimum Gasteiger partial charge on any atom is -0.507 e. The highest BCUT2D eigenvalue weighted by Gasteiger charge is 2.34. The summed E-state index contributed by atoms with van der Waals surface area (Å²) in [6, 6.07) is 17.3. The Morgan fingerprint density at radius 2 is 1.61 bits per heavy atom. The van der Waals surface area contributed by atoms with Gasteiger partial charge in [-0.15, -0.1) is 10.2 Å². The van der Waals surface area contributed by atoms with E-state index in [2.05, 4.69) is 15.5 Å². The van der Waals surface area contributed by atoms with E-state index in [9.17, 15) is 31.3 Å². The first kappa shape index (κ1) is 30.9. The van der Waals surface area contributed by atoms with Gasteiger partial charge in [-0.2, -0.15) is 8.42 Å². The average Bonchev–Trinajstić information content (AvgIpc) is 2.97. The number of anilines is 3. The van der Waals surface area contributed by atoms with Gasteiger partial charge < -0.3 is 16.2 Å². The number of phenols is 1. The van der Waals surface area contributed by atoms with Crippen LogP contribution in [0, 0.1) is 0 Å². The van der Waals surface area contributed by atoms with Crippen molar-refractivity contribution < 1.29 is 31.3 Å². The van der Waals surface area contributed by atoms with Crippen LogP contribution in [0.1, 0.15) is 39.0 Å². The van der Waals surface area contributed by atoms with E-state index in [0.717, 1.165) is 31.4 Å². The van der Waals surface area contributed by atoms with Gasteiger partial charge in [0, 0.05) is 24.7 Å². The number of hydrogen-bond acceptors (Lipinski definition) is 9. The number of benzene rings is 4. The molecular weight excluding hydrogens is 606 g/mol. The molecular formula is C30H31N5O7S2. The molecule has 4 aromatic carbocycles. The highest BCUT2D eigenvalue weighted by Crippen LogP contribution is 2.41. The monoisotopic (exact) mass is 637 g/mol. The van der Waals surface area contributed by atoms with E-state index in [1.165, 1.54) is 35.5 Å². The van der Waals surface area contributed by atoms with E-state index in [0.29, 0.717) is 24.2 Å². The second-order valence-electron chi connectivity index (χ2n) is 10.5. The van der Waals surface area contributed by atoms with Crippen LogP contribution in [0.5, 0.6) is 5.75 Å². The Balaban J connectivity index is 1.59. The normalized spacial score (nSPS) is 14.6. The topological polar surface area (TPSA) is 192 Å².